The molecule has 0 saturated heterocycles. The van der Waals surface area contributed by atoms with Crippen molar-refractivity contribution >= 4 is 22.9 Å². The quantitative estimate of drug-likeness (QED) is 0.700. The van der Waals surface area contributed by atoms with Crippen LogP contribution in [-0.2, 0) is 17.8 Å². The Labute approximate surface area is 161 Å². The Morgan fingerprint density at radius 2 is 2.30 bits per heavy atom. The van der Waals surface area contributed by atoms with Gasteiger partial charge in [0, 0.05) is 36.8 Å². The maximum absolute atomic E-state index is 12.3. The number of carbonyl (C=O) groups is 1. The highest BCUT2D eigenvalue weighted by molar-refractivity contribution is 7.09. The van der Waals surface area contributed by atoms with Crippen molar-refractivity contribution in [3.05, 3.63) is 40.7 Å². The normalized spacial score (nSPS) is 16.4. The van der Waals surface area contributed by atoms with Crippen LogP contribution in [-0.4, -0.2) is 43.2 Å². The molecule has 1 aliphatic rings. The lowest BCUT2D eigenvalue weighted by Gasteiger charge is -2.16. The molecule has 2 N–H and O–H groups in total. The summed E-state index contributed by atoms with van der Waals surface area (Å²) in [5.41, 5.74) is 1.71. The number of aryl methyl sites for hydroxylation is 2. The van der Waals surface area contributed by atoms with Crippen molar-refractivity contribution in [1.29, 1.82) is 0 Å². The minimum Gasteiger partial charge on any atom is -0.375 e. The molecule has 0 spiro atoms. The Kier molecular flexibility index (Phi) is 5.10. The summed E-state index contributed by atoms with van der Waals surface area (Å²) in [5.74, 6) is 1.76. The summed E-state index contributed by atoms with van der Waals surface area (Å²) in [6.07, 6.45) is 5.90. The number of amides is 1. The summed E-state index contributed by atoms with van der Waals surface area (Å²) < 4.78 is 2.13. The van der Waals surface area contributed by atoms with E-state index in [-0.39, 0.29) is 18.5 Å². The molecule has 1 amide bonds. The van der Waals surface area contributed by atoms with Gasteiger partial charge < -0.3 is 15.2 Å². The largest absolute Gasteiger partial charge is 0.375 e. The first-order chi connectivity index (χ1) is 13.2. The molecule has 1 aliphatic heterocycles. The molecule has 8 nitrogen and oxygen atoms in total. The number of carbonyl (C=O) groups excluding carboxylic acids is 1. The van der Waals surface area contributed by atoms with Gasteiger partial charge in [-0.1, -0.05) is 0 Å². The lowest BCUT2D eigenvalue weighted by atomic mass is 10.1. The average Bonchev–Trinajstić information content (AvgIpc) is 3.23. The van der Waals surface area contributed by atoms with Crippen molar-refractivity contribution in [3.63, 3.8) is 0 Å². The first-order valence-electron chi connectivity index (χ1n) is 8.97. The first kappa shape index (κ1) is 17.6. The number of nitrogens with zero attached hydrogens (tertiary/aromatic N) is 5. The SMILES string of the molecule is Cc1nc(-c2nnc3n2CCC(NC(=O)CNc2cccnc2)CC3)cs1. The molecule has 1 unspecified atom stereocenters. The van der Waals surface area contributed by atoms with Crippen molar-refractivity contribution in [2.75, 3.05) is 11.9 Å². The number of anilines is 1. The summed E-state index contributed by atoms with van der Waals surface area (Å²) >= 11 is 1.61. The minimum atomic E-state index is -0.0168. The van der Waals surface area contributed by atoms with E-state index in [1.165, 1.54) is 0 Å². The van der Waals surface area contributed by atoms with E-state index in [1.807, 2.05) is 24.4 Å². The van der Waals surface area contributed by atoms with E-state index >= 15 is 0 Å². The van der Waals surface area contributed by atoms with E-state index in [9.17, 15) is 4.79 Å². The van der Waals surface area contributed by atoms with Crippen LogP contribution in [0.25, 0.3) is 11.5 Å². The molecule has 3 aromatic heterocycles. The van der Waals surface area contributed by atoms with Crippen molar-refractivity contribution < 1.29 is 4.79 Å². The lowest BCUT2D eigenvalue weighted by Crippen LogP contribution is -2.38. The summed E-state index contributed by atoms with van der Waals surface area (Å²) in [7, 11) is 0. The second-order valence-corrected chi connectivity index (χ2v) is 7.59. The maximum atomic E-state index is 12.3. The number of nitrogens with one attached hydrogen (secondary N) is 2. The van der Waals surface area contributed by atoms with Crippen molar-refractivity contribution in [2.24, 2.45) is 0 Å². The summed E-state index contributed by atoms with van der Waals surface area (Å²) in [6, 6.07) is 3.85. The summed E-state index contributed by atoms with van der Waals surface area (Å²) in [4.78, 5) is 20.8. The third kappa shape index (κ3) is 4.13. The van der Waals surface area contributed by atoms with Crippen LogP contribution in [0.3, 0.4) is 0 Å². The van der Waals surface area contributed by atoms with Gasteiger partial charge in [-0.15, -0.1) is 21.5 Å². The third-order valence-corrected chi connectivity index (χ3v) is 5.35. The van der Waals surface area contributed by atoms with Crippen LogP contribution in [0.4, 0.5) is 5.69 Å². The molecule has 1 atom stereocenters. The van der Waals surface area contributed by atoms with Gasteiger partial charge in [0.05, 0.1) is 17.2 Å². The van der Waals surface area contributed by atoms with Gasteiger partial charge in [-0.3, -0.25) is 9.78 Å². The van der Waals surface area contributed by atoms with Crippen LogP contribution < -0.4 is 10.6 Å². The maximum Gasteiger partial charge on any atom is 0.239 e. The van der Waals surface area contributed by atoms with Gasteiger partial charge in [0.2, 0.25) is 5.91 Å². The molecule has 4 heterocycles. The molecular weight excluding hydrogens is 362 g/mol. The van der Waals surface area contributed by atoms with Crippen LogP contribution >= 0.6 is 11.3 Å². The second-order valence-electron chi connectivity index (χ2n) is 6.53. The van der Waals surface area contributed by atoms with E-state index < -0.39 is 0 Å². The van der Waals surface area contributed by atoms with E-state index in [0.717, 1.165) is 53.8 Å². The first-order valence-corrected chi connectivity index (χ1v) is 9.85. The number of pyridine rings is 1. The monoisotopic (exact) mass is 383 g/mol. The number of hydrogen-bond acceptors (Lipinski definition) is 7. The number of fused-ring (bicyclic) bond motifs is 1. The van der Waals surface area contributed by atoms with Gasteiger partial charge in [0.15, 0.2) is 5.82 Å². The second kappa shape index (κ2) is 7.83. The zero-order valence-corrected chi connectivity index (χ0v) is 15.9. The highest BCUT2D eigenvalue weighted by Gasteiger charge is 2.22. The Balaban J connectivity index is 1.35. The van der Waals surface area contributed by atoms with E-state index in [4.69, 9.17) is 0 Å². The lowest BCUT2D eigenvalue weighted by molar-refractivity contribution is -0.120. The van der Waals surface area contributed by atoms with Crippen LogP contribution in [0, 0.1) is 6.92 Å². The van der Waals surface area contributed by atoms with Crippen LogP contribution in [0.1, 0.15) is 23.7 Å². The highest BCUT2D eigenvalue weighted by atomic mass is 32.1. The van der Waals surface area contributed by atoms with Gasteiger partial charge in [-0.2, -0.15) is 0 Å². The predicted molar refractivity (Wildman–Crippen MR) is 103 cm³/mol. The zero-order chi connectivity index (χ0) is 18.6. The van der Waals surface area contributed by atoms with Crippen molar-refractivity contribution in [3.8, 4) is 11.5 Å². The van der Waals surface area contributed by atoms with Crippen molar-refractivity contribution in [1.82, 2.24) is 30.0 Å². The average molecular weight is 383 g/mol. The zero-order valence-electron chi connectivity index (χ0n) is 15.1. The molecule has 0 bridgehead atoms. The Bertz CT molecular complexity index is 921. The fourth-order valence-corrected chi connectivity index (χ4v) is 3.81. The van der Waals surface area contributed by atoms with Gasteiger partial charge in [0.1, 0.15) is 11.5 Å². The molecule has 140 valence electrons. The molecule has 27 heavy (non-hydrogen) atoms. The van der Waals surface area contributed by atoms with Crippen molar-refractivity contribution in [2.45, 2.75) is 38.8 Å². The molecule has 3 aromatic rings. The molecule has 0 saturated carbocycles. The van der Waals surface area contributed by atoms with Gasteiger partial charge >= 0.3 is 0 Å². The van der Waals surface area contributed by atoms with Gasteiger partial charge in [-0.25, -0.2) is 4.98 Å². The molecule has 0 fully saturated rings. The predicted octanol–water partition coefficient (Wildman–Crippen LogP) is 2.04. The number of aromatic nitrogens is 5. The molecular formula is C18H21N7OS. The molecule has 0 radical (unpaired) electrons. The number of hydrogen-bond donors (Lipinski definition) is 2. The fraction of sp³-hybridized carbons (Fsp3) is 0.389. The van der Waals surface area contributed by atoms with Crippen LogP contribution in [0.15, 0.2) is 29.9 Å². The Hall–Kier alpha value is -2.81. The van der Waals surface area contributed by atoms with E-state index in [0.29, 0.717) is 0 Å². The summed E-state index contributed by atoms with van der Waals surface area (Å²) in [5, 5.41) is 17.9. The summed E-state index contributed by atoms with van der Waals surface area (Å²) in [6.45, 7) is 2.99. The standard InChI is InChI=1S/C18H21N7OS/c1-12-21-15(11-27-12)18-24-23-16-5-4-13(6-8-25(16)18)22-17(26)10-20-14-3-2-7-19-9-14/h2-3,7,9,11,13,20H,4-6,8,10H2,1H3,(H,22,26). The highest BCUT2D eigenvalue weighted by Crippen LogP contribution is 2.24. The van der Waals surface area contributed by atoms with E-state index in [1.54, 1.807) is 23.7 Å². The van der Waals surface area contributed by atoms with Gasteiger partial charge in [0.25, 0.3) is 0 Å². The minimum absolute atomic E-state index is 0.0168. The third-order valence-electron chi connectivity index (χ3n) is 4.57. The molecule has 0 aliphatic carbocycles. The Morgan fingerprint density at radius 3 is 3.07 bits per heavy atom. The van der Waals surface area contributed by atoms with Crippen LogP contribution in [0.5, 0.6) is 0 Å². The Morgan fingerprint density at radius 1 is 1.37 bits per heavy atom. The van der Waals surface area contributed by atoms with E-state index in [2.05, 4.69) is 35.4 Å². The molecule has 0 aromatic carbocycles. The number of rotatable bonds is 5. The van der Waals surface area contributed by atoms with Crippen LogP contribution in [0.2, 0.25) is 0 Å². The molecule has 4 rings (SSSR count). The topological polar surface area (TPSA) is 97.6 Å². The van der Waals surface area contributed by atoms with Gasteiger partial charge in [-0.05, 0) is 31.9 Å². The molecule has 9 heteroatoms. The number of thiazole rings is 1. The fourth-order valence-electron chi connectivity index (χ4n) is 3.22. The smallest absolute Gasteiger partial charge is 0.239 e.